The van der Waals surface area contributed by atoms with E-state index < -0.39 is 5.54 Å². The smallest absolute Gasteiger partial charge is 0.271 e. The van der Waals surface area contributed by atoms with Gasteiger partial charge in [-0.25, -0.2) is 0 Å². The van der Waals surface area contributed by atoms with Crippen molar-refractivity contribution < 1.29 is 14.3 Å². The van der Waals surface area contributed by atoms with Crippen LogP contribution in [0.2, 0.25) is 0 Å². The van der Waals surface area contributed by atoms with Gasteiger partial charge in [-0.05, 0) is 62.9 Å². The number of ether oxygens (including phenoxy) is 1. The van der Waals surface area contributed by atoms with Gasteiger partial charge in [0, 0.05) is 17.5 Å². The van der Waals surface area contributed by atoms with Gasteiger partial charge in [0.1, 0.15) is 17.0 Å². The van der Waals surface area contributed by atoms with Gasteiger partial charge in [-0.1, -0.05) is 38.3 Å². The molecular weight excluding hydrogens is 458 g/mol. The van der Waals surface area contributed by atoms with Gasteiger partial charge >= 0.3 is 0 Å². The van der Waals surface area contributed by atoms with Crippen molar-refractivity contribution in [3.63, 3.8) is 0 Å². The number of benzene rings is 1. The number of hydrogen-bond acceptors (Lipinski definition) is 4. The minimum absolute atomic E-state index is 0.0536. The van der Waals surface area contributed by atoms with Crippen LogP contribution in [0.15, 0.2) is 36.4 Å². The summed E-state index contributed by atoms with van der Waals surface area (Å²) >= 11 is 1.74. The quantitative estimate of drug-likeness (QED) is 0.471. The number of thiophene rings is 1. The molecule has 1 aliphatic heterocycles. The minimum atomic E-state index is -0.986. The lowest BCUT2D eigenvalue weighted by atomic mass is 9.91. The van der Waals surface area contributed by atoms with Crippen molar-refractivity contribution in [2.24, 2.45) is 0 Å². The first-order valence-corrected chi connectivity index (χ1v) is 13.7. The molecule has 1 aromatic carbocycles. The molecule has 1 fully saturated rings. The Balaban J connectivity index is 1.50. The molecule has 0 radical (unpaired) electrons. The molecule has 186 valence electrons. The fourth-order valence-electron chi connectivity index (χ4n) is 5.44. The van der Waals surface area contributed by atoms with Crippen molar-refractivity contribution in [1.82, 2.24) is 14.8 Å². The Kier molecular flexibility index (Phi) is 6.62. The highest BCUT2D eigenvalue weighted by Gasteiger charge is 2.48. The largest absolute Gasteiger partial charge is 0.494 e. The van der Waals surface area contributed by atoms with Crippen LogP contribution in [0.5, 0.6) is 5.75 Å². The standard InChI is InChI=1S/C28H35N3O3S/c1-4-22-15-23-25(35-22)16-24-26(32)31(17-19-11-13-21(14-12-19)34-5-2)28(3,18-30(23)24)27(33)29-20-9-7-6-8-10-20/h11-16,20H,4-10,17-18H2,1-3H3,(H,29,33)/t28-/m1/s1. The van der Waals surface area contributed by atoms with E-state index in [1.165, 1.54) is 11.3 Å². The van der Waals surface area contributed by atoms with Gasteiger partial charge in [0.25, 0.3) is 5.91 Å². The van der Waals surface area contributed by atoms with E-state index in [2.05, 4.69) is 22.9 Å². The van der Waals surface area contributed by atoms with E-state index in [4.69, 9.17) is 4.74 Å². The molecule has 1 atom stereocenters. The van der Waals surface area contributed by atoms with E-state index in [9.17, 15) is 9.59 Å². The van der Waals surface area contributed by atoms with E-state index >= 15 is 0 Å². The second-order valence-corrected chi connectivity index (χ2v) is 11.2. The van der Waals surface area contributed by atoms with Crippen molar-refractivity contribution in [3.05, 3.63) is 52.5 Å². The van der Waals surface area contributed by atoms with Crippen molar-refractivity contribution in [1.29, 1.82) is 0 Å². The van der Waals surface area contributed by atoms with Crippen LogP contribution in [-0.4, -0.2) is 39.5 Å². The second-order valence-electron chi connectivity index (χ2n) is 9.98. The van der Waals surface area contributed by atoms with E-state index in [0.717, 1.165) is 53.6 Å². The number of aromatic nitrogens is 1. The number of nitrogens with zero attached hydrogens (tertiary/aromatic N) is 2. The molecule has 1 N–H and O–H groups in total. The molecule has 0 bridgehead atoms. The maximum absolute atomic E-state index is 13.9. The van der Waals surface area contributed by atoms with Crippen LogP contribution in [0.1, 0.15) is 73.8 Å². The van der Waals surface area contributed by atoms with E-state index in [-0.39, 0.29) is 17.9 Å². The number of aryl methyl sites for hydroxylation is 1. The Labute approximate surface area is 211 Å². The summed E-state index contributed by atoms with van der Waals surface area (Å²) in [4.78, 5) is 30.9. The third-order valence-corrected chi connectivity index (χ3v) is 8.74. The lowest BCUT2D eigenvalue weighted by molar-refractivity contribution is -0.134. The highest BCUT2D eigenvalue weighted by Crippen LogP contribution is 2.37. The first-order chi connectivity index (χ1) is 16.9. The number of fused-ring (bicyclic) bond motifs is 3. The van der Waals surface area contributed by atoms with E-state index in [0.29, 0.717) is 25.4 Å². The fourth-order valence-corrected chi connectivity index (χ4v) is 6.48. The predicted octanol–water partition coefficient (Wildman–Crippen LogP) is 5.53. The van der Waals surface area contributed by atoms with Gasteiger partial charge in [-0.15, -0.1) is 11.3 Å². The van der Waals surface area contributed by atoms with Crippen LogP contribution >= 0.6 is 11.3 Å². The van der Waals surface area contributed by atoms with Crippen molar-refractivity contribution >= 4 is 33.4 Å². The van der Waals surface area contributed by atoms with Crippen molar-refractivity contribution in [2.45, 2.75) is 84.0 Å². The molecule has 6 nitrogen and oxygen atoms in total. The van der Waals surface area contributed by atoms with Gasteiger partial charge in [0.2, 0.25) is 5.91 Å². The molecule has 2 aliphatic rings. The SMILES string of the molecule is CCOc1ccc(CN2C(=O)c3cc4sc(CC)cc4n3C[C@]2(C)C(=O)NC2CCCCC2)cc1. The molecule has 35 heavy (non-hydrogen) atoms. The Morgan fingerprint density at radius 2 is 1.89 bits per heavy atom. The first-order valence-electron chi connectivity index (χ1n) is 12.9. The van der Waals surface area contributed by atoms with Crippen LogP contribution < -0.4 is 10.1 Å². The average Bonchev–Trinajstić information content (AvgIpc) is 3.42. The van der Waals surface area contributed by atoms with Gasteiger partial charge in [-0.2, -0.15) is 0 Å². The monoisotopic (exact) mass is 493 g/mol. The summed E-state index contributed by atoms with van der Waals surface area (Å²) in [5.74, 6) is 0.662. The van der Waals surface area contributed by atoms with Gasteiger partial charge in [0.05, 0.1) is 23.4 Å². The number of hydrogen-bond donors (Lipinski definition) is 1. The van der Waals surface area contributed by atoms with Crippen LogP contribution in [0.4, 0.5) is 0 Å². The lowest BCUT2D eigenvalue weighted by Gasteiger charge is -2.45. The number of rotatable bonds is 7. The van der Waals surface area contributed by atoms with Crippen molar-refractivity contribution in [2.75, 3.05) is 6.61 Å². The topological polar surface area (TPSA) is 63.6 Å². The van der Waals surface area contributed by atoms with E-state index in [1.807, 2.05) is 44.2 Å². The highest BCUT2D eigenvalue weighted by molar-refractivity contribution is 7.19. The lowest BCUT2D eigenvalue weighted by Crippen LogP contribution is -2.64. The number of carbonyl (C=O) groups excluding carboxylic acids is 2. The van der Waals surface area contributed by atoms with Crippen LogP contribution in [0.25, 0.3) is 10.2 Å². The molecule has 3 aromatic rings. The zero-order valence-corrected chi connectivity index (χ0v) is 21.7. The molecule has 2 amide bonds. The van der Waals surface area contributed by atoms with Gasteiger partial charge < -0.3 is 19.5 Å². The number of carbonyl (C=O) groups is 2. The molecule has 0 unspecified atom stereocenters. The Bertz CT molecular complexity index is 1220. The zero-order chi connectivity index (χ0) is 24.6. The summed E-state index contributed by atoms with van der Waals surface area (Å²) in [7, 11) is 0. The summed E-state index contributed by atoms with van der Waals surface area (Å²) in [5, 5.41) is 3.32. The minimum Gasteiger partial charge on any atom is -0.494 e. The van der Waals surface area contributed by atoms with Gasteiger partial charge in [-0.3, -0.25) is 9.59 Å². The maximum Gasteiger partial charge on any atom is 0.271 e. The second kappa shape index (κ2) is 9.69. The van der Waals surface area contributed by atoms with Gasteiger partial charge in [0.15, 0.2) is 0 Å². The Morgan fingerprint density at radius 1 is 1.14 bits per heavy atom. The molecule has 2 aromatic heterocycles. The Hall–Kier alpha value is -2.80. The molecule has 5 rings (SSSR count). The number of amides is 2. The van der Waals surface area contributed by atoms with E-state index in [1.54, 1.807) is 16.2 Å². The summed E-state index contributed by atoms with van der Waals surface area (Å²) < 4.78 is 8.76. The summed E-state index contributed by atoms with van der Waals surface area (Å²) in [6, 6.07) is 12.2. The third kappa shape index (κ3) is 4.46. The molecule has 1 aliphatic carbocycles. The first kappa shape index (κ1) is 23.9. The molecular formula is C28H35N3O3S. The van der Waals surface area contributed by atoms with Crippen LogP contribution in [0, 0.1) is 0 Å². The molecule has 0 spiro atoms. The molecule has 7 heteroatoms. The fraction of sp³-hybridized carbons (Fsp3) is 0.500. The summed E-state index contributed by atoms with van der Waals surface area (Å²) in [6.45, 7) is 7.47. The van der Waals surface area contributed by atoms with Crippen LogP contribution in [-0.2, 0) is 24.3 Å². The molecule has 3 heterocycles. The molecule has 0 saturated heterocycles. The molecule has 1 saturated carbocycles. The predicted molar refractivity (Wildman–Crippen MR) is 140 cm³/mol. The van der Waals surface area contributed by atoms with Crippen LogP contribution in [0.3, 0.4) is 0 Å². The summed E-state index contributed by atoms with van der Waals surface area (Å²) in [6.07, 6.45) is 6.51. The average molecular weight is 494 g/mol. The summed E-state index contributed by atoms with van der Waals surface area (Å²) in [5.41, 5.74) is 1.73. The zero-order valence-electron chi connectivity index (χ0n) is 20.9. The number of nitrogens with one attached hydrogen (secondary N) is 1. The maximum atomic E-state index is 13.9. The normalized spacial score (nSPS) is 20.8. The van der Waals surface area contributed by atoms with Crippen molar-refractivity contribution in [3.8, 4) is 5.75 Å². The third-order valence-electron chi connectivity index (χ3n) is 7.52. The Morgan fingerprint density at radius 3 is 2.57 bits per heavy atom. The highest BCUT2D eigenvalue weighted by atomic mass is 32.1.